The van der Waals surface area contributed by atoms with Gasteiger partial charge in [0.1, 0.15) is 0 Å². The van der Waals surface area contributed by atoms with Crippen molar-refractivity contribution < 1.29 is 0 Å². The molecule has 26 heavy (non-hydrogen) atoms. The van der Waals surface area contributed by atoms with Crippen LogP contribution in [0.5, 0.6) is 0 Å². The zero-order valence-corrected chi connectivity index (χ0v) is 16.8. The molecule has 1 aromatic heterocycles. The summed E-state index contributed by atoms with van der Waals surface area (Å²) in [6.07, 6.45) is 3.98. The molecule has 0 fully saturated rings. The molecule has 2 N–H and O–H groups in total. The van der Waals surface area contributed by atoms with Crippen LogP contribution in [0.15, 0.2) is 47.7 Å². The summed E-state index contributed by atoms with van der Waals surface area (Å²) in [7, 11) is 7.91. The van der Waals surface area contributed by atoms with Crippen molar-refractivity contribution in [1.29, 1.82) is 0 Å². The van der Waals surface area contributed by atoms with Gasteiger partial charge in [0.25, 0.3) is 0 Å². The van der Waals surface area contributed by atoms with Crippen LogP contribution in [0.2, 0.25) is 0 Å². The Morgan fingerprint density at radius 3 is 2.42 bits per heavy atom. The van der Waals surface area contributed by atoms with Crippen molar-refractivity contribution in [3.05, 3.63) is 53.9 Å². The minimum atomic E-state index is 0.226. The number of rotatable bonds is 7. The van der Waals surface area contributed by atoms with Gasteiger partial charge in [-0.1, -0.05) is 37.3 Å². The molecule has 0 radical (unpaired) electrons. The first-order valence-corrected chi connectivity index (χ1v) is 9.09. The number of hydrogen-bond acceptors (Lipinski definition) is 3. The van der Waals surface area contributed by atoms with Crippen LogP contribution in [-0.2, 0) is 7.05 Å². The molecule has 2 rings (SSSR count). The molecule has 3 unspecified atom stereocenters. The Balaban J connectivity index is 1.96. The molecule has 0 aliphatic carbocycles. The van der Waals surface area contributed by atoms with Gasteiger partial charge in [0, 0.05) is 44.4 Å². The predicted octanol–water partition coefficient (Wildman–Crippen LogP) is 2.38. The number of aliphatic imine (C=N–C) groups is 1. The minimum Gasteiger partial charge on any atom is -0.354 e. The molecule has 0 amide bonds. The van der Waals surface area contributed by atoms with Crippen LogP contribution < -0.4 is 10.6 Å². The van der Waals surface area contributed by atoms with Crippen LogP contribution in [0.3, 0.4) is 0 Å². The Kier molecular flexibility index (Phi) is 7.21. The SMILES string of the molecule is CN=C(NCC(c1cnn(C)c1)N(C)C)NC(C)C(C)c1ccccc1. The molecule has 0 saturated carbocycles. The molecule has 6 heteroatoms. The summed E-state index contributed by atoms with van der Waals surface area (Å²) >= 11 is 0. The van der Waals surface area contributed by atoms with Crippen molar-refractivity contribution in [2.24, 2.45) is 12.0 Å². The molecule has 1 aromatic carbocycles. The van der Waals surface area contributed by atoms with Gasteiger partial charge in [-0.05, 0) is 26.6 Å². The largest absolute Gasteiger partial charge is 0.354 e. The molecular weight excluding hydrogens is 324 g/mol. The average Bonchev–Trinajstić information content (AvgIpc) is 3.06. The number of hydrogen-bond donors (Lipinski definition) is 2. The number of likely N-dealkylation sites (N-methyl/N-ethyl adjacent to an activating group) is 1. The zero-order chi connectivity index (χ0) is 19.1. The fourth-order valence-corrected chi connectivity index (χ4v) is 2.98. The van der Waals surface area contributed by atoms with Crippen LogP contribution in [-0.4, -0.2) is 54.4 Å². The van der Waals surface area contributed by atoms with E-state index < -0.39 is 0 Å². The number of benzene rings is 1. The van der Waals surface area contributed by atoms with Crippen molar-refractivity contribution in [2.45, 2.75) is 31.8 Å². The van der Waals surface area contributed by atoms with Crippen molar-refractivity contribution in [1.82, 2.24) is 25.3 Å². The second kappa shape index (κ2) is 9.38. The number of nitrogens with one attached hydrogen (secondary N) is 2. The van der Waals surface area contributed by atoms with E-state index in [4.69, 9.17) is 0 Å². The zero-order valence-electron chi connectivity index (χ0n) is 16.8. The monoisotopic (exact) mass is 356 g/mol. The van der Waals surface area contributed by atoms with Gasteiger partial charge in [-0.2, -0.15) is 5.10 Å². The van der Waals surface area contributed by atoms with Crippen LogP contribution in [0, 0.1) is 0 Å². The minimum absolute atomic E-state index is 0.226. The fraction of sp³-hybridized carbons (Fsp3) is 0.500. The second-order valence-electron chi connectivity index (χ2n) is 7.01. The standard InChI is InChI=1S/C20H32N6/c1-15(17-10-8-7-9-11-17)16(2)24-20(21-3)22-13-19(25(4)5)18-12-23-26(6)14-18/h7-12,14-16,19H,13H2,1-6H3,(H2,21,22,24). The van der Waals surface area contributed by atoms with E-state index in [0.717, 1.165) is 12.5 Å². The lowest BCUT2D eigenvalue weighted by atomic mass is 9.94. The molecule has 6 nitrogen and oxygen atoms in total. The lowest BCUT2D eigenvalue weighted by Gasteiger charge is -2.27. The molecule has 0 bridgehead atoms. The third-order valence-corrected chi connectivity index (χ3v) is 4.86. The summed E-state index contributed by atoms with van der Waals surface area (Å²) < 4.78 is 1.84. The maximum atomic E-state index is 4.39. The normalized spacial score (nSPS) is 15.6. The fourth-order valence-electron chi connectivity index (χ4n) is 2.98. The number of aryl methyl sites for hydroxylation is 1. The average molecular weight is 357 g/mol. The van der Waals surface area contributed by atoms with Gasteiger partial charge < -0.3 is 15.5 Å². The Hall–Kier alpha value is -2.34. The number of guanidine groups is 1. The maximum absolute atomic E-state index is 4.39. The highest BCUT2D eigenvalue weighted by Crippen LogP contribution is 2.19. The lowest BCUT2D eigenvalue weighted by molar-refractivity contribution is 0.297. The predicted molar refractivity (Wildman–Crippen MR) is 108 cm³/mol. The third kappa shape index (κ3) is 5.33. The third-order valence-electron chi connectivity index (χ3n) is 4.86. The lowest BCUT2D eigenvalue weighted by Crippen LogP contribution is -2.46. The summed E-state index contributed by atoms with van der Waals surface area (Å²) in [6.45, 7) is 5.18. The molecule has 1 heterocycles. The Morgan fingerprint density at radius 2 is 1.88 bits per heavy atom. The Bertz CT molecular complexity index is 691. The second-order valence-corrected chi connectivity index (χ2v) is 7.01. The van der Waals surface area contributed by atoms with E-state index >= 15 is 0 Å². The summed E-state index contributed by atoms with van der Waals surface area (Å²) in [5, 5.41) is 11.3. The van der Waals surface area contributed by atoms with Gasteiger partial charge in [0.05, 0.1) is 12.2 Å². The van der Waals surface area contributed by atoms with E-state index in [-0.39, 0.29) is 12.1 Å². The maximum Gasteiger partial charge on any atom is 0.191 e. The number of aromatic nitrogens is 2. The van der Waals surface area contributed by atoms with Crippen LogP contribution in [0.25, 0.3) is 0 Å². The van der Waals surface area contributed by atoms with E-state index in [9.17, 15) is 0 Å². The van der Waals surface area contributed by atoms with Crippen LogP contribution in [0.1, 0.15) is 36.9 Å². The molecule has 142 valence electrons. The summed E-state index contributed by atoms with van der Waals surface area (Å²) in [5.74, 6) is 1.20. The highest BCUT2D eigenvalue weighted by Gasteiger charge is 2.18. The smallest absolute Gasteiger partial charge is 0.191 e. The van der Waals surface area contributed by atoms with E-state index in [0.29, 0.717) is 5.92 Å². The summed E-state index contributed by atoms with van der Waals surface area (Å²) in [5.41, 5.74) is 2.51. The molecule has 0 spiro atoms. The van der Waals surface area contributed by atoms with Crippen LogP contribution in [0.4, 0.5) is 0 Å². The van der Waals surface area contributed by atoms with E-state index in [1.165, 1.54) is 11.1 Å². The highest BCUT2D eigenvalue weighted by atomic mass is 15.3. The van der Waals surface area contributed by atoms with E-state index in [1.807, 2.05) is 25.0 Å². The molecule has 2 aromatic rings. The molecule has 0 aliphatic heterocycles. The Morgan fingerprint density at radius 1 is 1.19 bits per heavy atom. The topological polar surface area (TPSA) is 57.5 Å². The van der Waals surface area contributed by atoms with E-state index in [2.05, 4.69) is 90.1 Å². The highest BCUT2D eigenvalue weighted by molar-refractivity contribution is 5.80. The van der Waals surface area contributed by atoms with Gasteiger partial charge in [-0.25, -0.2) is 0 Å². The van der Waals surface area contributed by atoms with Gasteiger partial charge in [-0.15, -0.1) is 0 Å². The quantitative estimate of drug-likeness (QED) is 0.591. The Labute approximate surface area is 157 Å². The molecular formula is C20H32N6. The van der Waals surface area contributed by atoms with Crippen molar-refractivity contribution in [2.75, 3.05) is 27.7 Å². The molecule has 0 aliphatic rings. The van der Waals surface area contributed by atoms with Gasteiger partial charge in [0.15, 0.2) is 5.96 Å². The van der Waals surface area contributed by atoms with Gasteiger partial charge >= 0.3 is 0 Å². The van der Waals surface area contributed by atoms with Crippen molar-refractivity contribution in [3.63, 3.8) is 0 Å². The van der Waals surface area contributed by atoms with Crippen LogP contribution >= 0.6 is 0 Å². The van der Waals surface area contributed by atoms with Crippen molar-refractivity contribution in [3.8, 4) is 0 Å². The van der Waals surface area contributed by atoms with E-state index in [1.54, 1.807) is 0 Å². The first kappa shape index (κ1) is 20.0. The summed E-state index contributed by atoms with van der Waals surface area (Å²) in [4.78, 5) is 6.58. The number of nitrogens with zero attached hydrogens (tertiary/aromatic N) is 4. The van der Waals surface area contributed by atoms with Gasteiger partial charge in [-0.3, -0.25) is 9.67 Å². The summed E-state index contributed by atoms with van der Waals surface area (Å²) in [6, 6.07) is 11.0. The van der Waals surface area contributed by atoms with Crippen molar-refractivity contribution >= 4 is 5.96 Å². The molecule has 0 saturated heterocycles. The first-order chi connectivity index (χ1) is 12.4. The molecule has 3 atom stereocenters. The first-order valence-electron chi connectivity index (χ1n) is 9.09. The van der Waals surface area contributed by atoms with Gasteiger partial charge in [0.2, 0.25) is 0 Å².